The standard InChI is InChI=1S/C19H28N4OS.HI/c1-3-20-19(21-12-15-8-6-10-23(15)2)22-13-16(24)18-11-14-7-4-5-9-17(14)25-18;/h4-5,7,9,11,15-16,24H,3,6,8,10,12-13H2,1-2H3,(H2,20,21,22);1H. The zero-order valence-electron chi connectivity index (χ0n) is 15.4. The van der Waals surface area contributed by atoms with E-state index in [1.165, 1.54) is 29.5 Å². The molecule has 1 aliphatic heterocycles. The number of thiophene rings is 1. The van der Waals surface area contributed by atoms with Gasteiger partial charge in [0.25, 0.3) is 0 Å². The first-order valence-corrected chi connectivity index (χ1v) is 9.88. The lowest BCUT2D eigenvalue weighted by Gasteiger charge is -2.21. The number of benzene rings is 1. The van der Waals surface area contributed by atoms with Crippen LogP contribution < -0.4 is 10.6 Å². The number of nitrogens with one attached hydrogen (secondary N) is 2. The smallest absolute Gasteiger partial charge is 0.191 e. The molecule has 3 rings (SSSR count). The highest BCUT2D eigenvalue weighted by molar-refractivity contribution is 14.0. The van der Waals surface area contributed by atoms with Crippen molar-refractivity contribution in [2.24, 2.45) is 4.99 Å². The molecule has 0 bridgehead atoms. The summed E-state index contributed by atoms with van der Waals surface area (Å²) in [7, 11) is 2.18. The van der Waals surface area contributed by atoms with Crippen molar-refractivity contribution in [1.82, 2.24) is 15.5 Å². The fourth-order valence-corrected chi connectivity index (χ4v) is 4.27. The monoisotopic (exact) mass is 488 g/mol. The maximum absolute atomic E-state index is 10.5. The molecule has 2 aromatic rings. The van der Waals surface area contributed by atoms with Crippen molar-refractivity contribution in [1.29, 1.82) is 0 Å². The van der Waals surface area contributed by atoms with Crippen molar-refractivity contribution in [3.8, 4) is 0 Å². The number of likely N-dealkylation sites (tertiary alicyclic amines) is 1. The Hall–Kier alpha value is -0.900. The summed E-state index contributed by atoms with van der Waals surface area (Å²) in [5.41, 5.74) is 0. The number of hydrogen-bond acceptors (Lipinski definition) is 4. The van der Waals surface area contributed by atoms with E-state index >= 15 is 0 Å². The first-order chi connectivity index (χ1) is 12.2. The predicted molar refractivity (Wildman–Crippen MR) is 122 cm³/mol. The first-order valence-electron chi connectivity index (χ1n) is 9.06. The fraction of sp³-hybridized carbons (Fsp3) is 0.526. The molecule has 0 spiro atoms. The van der Waals surface area contributed by atoms with Crippen LogP contribution in [0.3, 0.4) is 0 Å². The largest absolute Gasteiger partial charge is 0.386 e. The Morgan fingerprint density at radius 2 is 2.19 bits per heavy atom. The van der Waals surface area contributed by atoms with E-state index in [1.54, 1.807) is 11.3 Å². The summed E-state index contributed by atoms with van der Waals surface area (Å²) in [6.07, 6.45) is 1.93. The molecular formula is C19H29IN4OS. The summed E-state index contributed by atoms with van der Waals surface area (Å²) < 4.78 is 1.20. The summed E-state index contributed by atoms with van der Waals surface area (Å²) in [4.78, 5) is 7.94. The maximum Gasteiger partial charge on any atom is 0.191 e. The number of aliphatic hydroxyl groups excluding tert-OH is 1. The van der Waals surface area contributed by atoms with E-state index in [-0.39, 0.29) is 24.0 Å². The normalized spacial score (nSPS) is 19.3. The van der Waals surface area contributed by atoms with Crippen molar-refractivity contribution in [3.05, 3.63) is 35.2 Å². The molecule has 0 saturated carbocycles. The van der Waals surface area contributed by atoms with Gasteiger partial charge < -0.3 is 20.6 Å². The van der Waals surface area contributed by atoms with Gasteiger partial charge in [-0.25, -0.2) is 0 Å². The van der Waals surface area contributed by atoms with Crippen LogP contribution in [0, 0.1) is 0 Å². The van der Waals surface area contributed by atoms with Gasteiger partial charge in [-0.05, 0) is 50.9 Å². The molecule has 1 aromatic heterocycles. The third-order valence-electron chi connectivity index (χ3n) is 4.72. The van der Waals surface area contributed by atoms with Gasteiger partial charge in [0.15, 0.2) is 5.96 Å². The van der Waals surface area contributed by atoms with Crippen molar-refractivity contribution in [2.45, 2.75) is 31.9 Å². The number of hydrogen-bond donors (Lipinski definition) is 3. The second-order valence-electron chi connectivity index (χ2n) is 6.58. The zero-order chi connectivity index (χ0) is 17.6. The Bertz CT molecular complexity index is 687. The SMILES string of the molecule is CCNC(=NCC(O)c1cc2ccccc2s1)NCC1CCCN1C.I. The summed E-state index contributed by atoms with van der Waals surface area (Å²) in [5, 5.41) is 18.4. The summed E-state index contributed by atoms with van der Waals surface area (Å²) in [6, 6.07) is 10.8. The molecule has 7 heteroatoms. The molecular weight excluding hydrogens is 459 g/mol. The number of aliphatic hydroxyl groups is 1. The molecule has 3 N–H and O–H groups in total. The van der Waals surface area contributed by atoms with Crippen LogP contribution in [0.2, 0.25) is 0 Å². The molecule has 2 atom stereocenters. The lowest BCUT2D eigenvalue weighted by Crippen LogP contribution is -2.44. The second kappa shape index (κ2) is 10.4. The molecule has 2 unspecified atom stereocenters. The van der Waals surface area contributed by atoms with E-state index in [2.05, 4.69) is 52.7 Å². The zero-order valence-corrected chi connectivity index (χ0v) is 18.6. The highest BCUT2D eigenvalue weighted by Crippen LogP contribution is 2.29. The van der Waals surface area contributed by atoms with Crippen LogP contribution in [0.4, 0.5) is 0 Å². The molecule has 0 radical (unpaired) electrons. The number of rotatable bonds is 6. The fourth-order valence-electron chi connectivity index (χ4n) is 3.23. The Labute approximate surface area is 176 Å². The topological polar surface area (TPSA) is 59.9 Å². The van der Waals surface area contributed by atoms with Crippen LogP contribution >= 0.6 is 35.3 Å². The van der Waals surface area contributed by atoms with Gasteiger partial charge >= 0.3 is 0 Å². The minimum atomic E-state index is -0.568. The van der Waals surface area contributed by atoms with Crippen LogP contribution in [0.25, 0.3) is 10.1 Å². The minimum Gasteiger partial charge on any atom is -0.386 e. The summed E-state index contributed by atoms with van der Waals surface area (Å²) in [5.74, 6) is 0.781. The van der Waals surface area contributed by atoms with E-state index in [1.807, 2.05) is 12.1 Å². The van der Waals surface area contributed by atoms with Crippen molar-refractivity contribution in [3.63, 3.8) is 0 Å². The Morgan fingerprint density at radius 3 is 2.88 bits per heavy atom. The molecule has 1 aromatic carbocycles. The highest BCUT2D eigenvalue weighted by Gasteiger charge is 2.20. The molecule has 2 heterocycles. The predicted octanol–water partition coefficient (Wildman–Crippen LogP) is 3.20. The van der Waals surface area contributed by atoms with Gasteiger partial charge in [-0.1, -0.05) is 18.2 Å². The number of halogens is 1. The van der Waals surface area contributed by atoms with Crippen molar-refractivity contribution in [2.75, 3.05) is 33.2 Å². The second-order valence-corrected chi connectivity index (χ2v) is 7.69. The van der Waals surface area contributed by atoms with E-state index < -0.39 is 6.10 Å². The third kappa shape index (κ3) is 5.55. The lowest BCUT2D eigenvalue weighted by molar-refractivity contribution is 0.191. The van der Waals surface area contributed by atoms with Crippen molar-refractivity contribution >= 4 is 51.4 Å². The average Bonchev–Trinajstić information content (AvgIpc) is 3.23. The Kier molecular flexibility index (Phi) is 8.59. The van der Waals surface area contributed by atoms with Gasteiger partial charge in [-0.3, -0.25) is 4.99 Å². The van der Waals surface area contributed by atoms with Gasteiger partial charge in [0.05, 0.1) is 6.54 Å². The number of guanidine groups is 1. The van der Waals surface area contributed by atoms with Crippen LogP contribution in [0.15, 0.2) is 35.3 Å². The van der Waals surface area contributed by atoms with E-state index in [9.17, 15) is 5.11 Å². The van der Waals surface area contributed by atoms with Crippen LogP contribution in [-0.4, -0.2) is 55.2 Å². The van der Waals surface area contributed by atoms with Crippen LogP contribution in [0.1, 0.15) is 30.7 Å². The van der Waals surface area contributed by atoms with Gasteiger partial charge in [0.2, 0.25) is 0 Å². The van der Waals surface area contributed by atoms with Gasteiger partial charge in [-0.2, -0.15) is 0 Å². The summed E-state index contributed by atoms with van der Waals surface area (Å²) in [6.45, 7) is 5.29. The molecule has 0 aliphatic carbocycles. The number of aliphatic imine (C=N–C) groups is 1. The first kappa shape index (κ1) is 21.4. The minimum absolute atomic E-state index is 0. The average molecular weight is 488 g/mol. The molecule has 1 fully saturated rings. The molecule has 0 amide bonds. The maximum atomic E-state index is 10.5. The van der Waals surface area contributed by atoms with Gasteiger partial charge in [0, 0.05) is 28.7 Å². The van der Waals surface area contributed by atoms with E-state index in [4.69, 9.17) is 0 Å². The Morgan fingerprint density at radius 1 is 1.38 bits per heavy atom. The molecule has 26 heavy (non-hydrogen) atoms. The van der Waals surface area contributed by atoms with E-state index in [0.29, 0.717) is 12.6 Å². The van der Waals surface area contributed by atoms with Crippen LogP contribution in [0.5, 0.6) is 0 Å². The molecule has 5 nitrogen and oxygen atoms in total. The number of likely N-dealkylation sites (N-methyl/N-ethyl adjacent to an activating group) is 1. The third-order valence-corrected chi connectivity index (χ3v) is 5.93. The van der Waals surface area contributed by atoms with Gasteiger partial charge in [-0.15, -0.1) is 35.3 Å². The molecule has 1 aliphatic rings. The molecule has 144 valence electrons. The summed E-state index contributed by atoms with van der Waals surface area (Å²) >= 11 is 1.64. The molecule has 1 saturated heterocycles. The van der Waals surface area contributed by atoms with E-state index in [0.717, 1.165) is 23.9 Å². The van der Waals surface area contributed by atoms with Gasteiger partial charge in [0.1, 0.15) is 6.10 Å². The number of nitrogens with zero attached hydrogens (tertiary/aromatic N) is 2. The van der Waals surface area contributed by atoms with Crippen molar-refractivity contribution < 1.29 is 5.11 Å². The highest BCUT2D eigenvalue weighted by atomic mass is 127. The quantitative estimate of drug-likeness (QED) is 0.332. The van der Waals surface area contributed by atoms with Crippen LogP contribution in [-0.2, 0) is 0 Å². The lowest BCUT2D eigenvalue weighted by atomic mass is 10.2. The number of fused-ring (bicyclic) bond motifs is 1. The Balaban J connectivity index is 0.00000243.